The van der Waals surface area contributed by atoms with Gasteiger partial charge in [0, 0.05) is 17.6 Å². The highest BCUT2D eigenvalue weighted by Gasteiger charge is 2.12. The first kappa shape index (κ1) is 19.8. The van der Waals surface area contributed by atoms with Crippen LogP contribution in [0.15, 0.2) is 36.5 Å². The minimum atomic E-state index is 0.346. The van der Waals surface area contributed by atoms with E-state index in [1.54, 1.807) is 0 Å². The predicted octanol–water partition coefficient (Wildman–Crippen LogP) is 2.19. The lowest BCUT2D eigenvalue weighted by Gasteiger charge is -2.19. The van der Waals surface area contributed by atoms with Crippen LogP contribution in [-0.2, 0) is 0 Å². The van der Waals surface area contributed by atoms with Gasteiger partial charge in [-0.2, -0.15) is 0 Å². The van der Waals surface area contributed by atoms with E-state index in [-0.39, 0.29) is 0 Å². The van der Waals surface area contributed by atoms with Crippen LogP contribution in [0.1, 0.15) is 37.3 Å². The van der Waals surface area contributed by atoms with Crippen molar-refractivity contribution in [1.82, 2.24) is 20.9 Å². The maximum atomic E-state index is 5.47. The monoisotopic (exact) mass is 343 g/mol. The van der Waals surface area contributed by atoms with Gasteiger partial charge in [0.15, 0.2) is 0 Å². The number of fused-ring (bicyclic) bond motifs is 1. The van der Waals surface area contributed by atoms with Crippen LogP contribution in [0.2, 0.25) is 0 Å². The number of nitrogens with two attached hydrogens (primary N) is 1. The van der Waals surface area contributed by atoms with Gasteiger partial charge in [-0.05, 0) is 83.2 Å². The summed E-state index contributed by atoms with van der Waals surface area (Å²) in [5.41, 5.74) is 7.87. The van der Waals surface area contributed by atoms with Crippen molar-refractivity contribution in [3.63, 3.8) is 0 Å². The molecule has 1 unspecified atom stereocenters. The lowest BCUT2D eigenvalue weighted by molar-refractivity contribution is 0.507. The van der Waals surface area contributed by atoms with Crippen LogP contribution >= 0.6 is 0 Å². The van der Waals surface area contributed by atoms with Crippen LogP contribution in [0.3, 0.4) is 0 Å². The Balaban J connectivity index is 1.68. The van der Waals surface area contributed by atoms with Crippen molar-refractivity contribution in [2.24, 2.45) is 5.73 Å². The molecule has 1 heterocycles. The highest BCUT2D eigenvalue weighted by Crippen LogP contribution is 2.24. The molecular weight excluding hydrogens is 310 g/mol. The van der Waals surface area contributed by atoms with E-state index < -0.39 is 0 Å². The van der Waals surface area contributed by atoms with Gasteiger partial charge in [-0.15, -0.1) is 0 Å². The average Bonchev–Trinajstić information content (AvgIpc) is 2.66. The molecule has 25 heavy (non-hydrogen) atoms. The van der Waals surface area contributed by atoms with Crippen molar-refractivity contribution in [2.75, 3.05) is 39.8 Å². The number of hydrogen-bond donors (Lipinski definition) is 4. The van der Waals surface area contributed by atoms with Gasteiger partial charge < -0.3 is 21.7 Å². The molecule has 0 aliphatic carbocycles. The lowest BCUT2D eigenvalue weighted by Crippen LogP contribution is -2.25. The van der Waals surface area contributed by atoms with Gasteiger partial charge in [0.1, 0.15) is 0 Å². The van der Waals surface area contributed by atoms with Gasteiger partial charge in [0.25, 0.3) is 0 Å². The zero-order valence-electron chi connectivity index (χ0n) is 15.4. The number of pyridine rings is 1. The summed E-state index contributed by atoms with van der Waals surface area (Å²) in [5.74, 6) is 0. The Bertz CT molecular complexity index is 596. The highest BCUT2D eigenvalue weighted by molar-refractivity contribution is 5.82. The number of aromatic nitrogens is 1. The summed E-state index contributed by atoms with van der Waals surface area (Å²) in [7, 11) is 2.03. The fourth-order valence-electron chi connectivity index (χ4n) is 3.10. The number of nitrogens with zero attached hydrogens (tertiary/aromatic N) is 1. The molecule has 1 atom stereocenters. The molecule has 0 bridgehead atoms. The molecule has 2 rings (SSSR count). The zero-order chi connectivity index (χ0) is 17.7. The molecule has 1 aromatic carbocycles. The molecule has 0 fully saturated rings. The molecule has 0 saturated carbocycles. The van der Waals surface area contributed by atoms with E-state index in [1.807, 2.05) is 19.3 Å². The number of unbranched alkanes of at least 4 members (excludes halogenated alkanes) is 1. The molecule has 0 spiro atoms. The van der Waals surface area contributed by atoms with E-state index in [2.05, 4.69) is 45.2 Å². The molecule has 5 nitrogen and oxygen atoms in total. The largest absolute Gasteiger partial charge is 0.330 e. The summed E-state index contributed by atoms with van der Waals surface area (Å²) in [6.07, 6.45) is 6.46. The number of rotatable bonds is 13. The molecule has 0 saturated heterocycles. The first-order chi connectivity index (χ1) is 12.4. The number of hydrogen-bond acceptors (Lipinski definition) is 5. The van der Waals surface area contributed by atoms with Gasteiger partial charge in [-0.25, -0.2) is 0 Å². The van der Waals surface area contributed by atoms with Crippen LogP contribution in [-0.4, -0.2) is 44.8 Å². The molecule has 0 aliphatic heterocycles. The Hall–Kier alpha value is -1.53. The van der Waals surface area contributed by atoms with Gasteiger partial charge in [-0.1, -0.05) is 18.2 Å². The predicted molar refractivity (Wildman–Crippen MR) is 107 cm³/mol. The van der Waals surface area contributed by atoms with Crippen molar-refractivity contribution < 1.29 is 0 Å². The van der Waals surface area contributed by atoms with Crippen LogP contribution in [0.25, 0.3) is 10.9 Å². The van der Waals surface area contributed by atoms with E-state index >= 15 is 0 Å². The second kappa shape index (κ2) is 11.9. The third-order valence-corrected chi connectivity index (χ3v) is 4.53. The Labute approximate surface area is 151 Å². The Morgan fingerprint density at radius 1 is 0.960 bits per heavy atom. The maximum absolute atomic E-state index is 5.47. The highest BCUT2D eigenvalue weighted by atomic mass is 14.9. The van der Waals surface area contributed by atoms with Gasteiger partial charge in [-0.3, -0.25) is 4.98 Å². The minimum absolute atomic E-state index is 0.346. The van der Waals surface area contributed by atoms with Crippen molar-refractivity contribution in [1.29, 1.82) is 0 Å². The SMILES string of the molecule is CNC(CCNCCCCNCCCN)c1ccnc2ccccc12. The molecule has 0 radical (unpaired) electrons. The van der Waals surface area contributed by atoms with E-state index in [1.165, 1.54) is 23.8 Å². The van der Waals surface area contributed by atoms with Gasteiger partial charge in [0.05, 0.1) is 5.52 Å². The van der Waals surface area contributed by atoms with Crippen molar-refractivity contribution >= 4 is 10.9 Å². The van der Waals surface area contributed by atoms with Crippen molar-refractivity contribution in [3.8, 4) is 0 Å². The zero-order valence-corrected chi connectivity index (χ0v) is 15.4. The normalized spacial score (nSPS) is 12.6. The fourth-order valence-corrected chi connectivity index (χ4v) is 3.10. The van der Waals surface area contributed by atoms with Crippen molar-refractivity contribution in [3.05, 3.63) is 42.1 Å². The molecule has 5 heteroatoms. The standard InChI is InChI=1S/C20H33N5/c1-22-19(10-15-24-13-5-4-12-23-14-6-11-21)18-9-16-25-20-8-3-2-7-17(18)20/h2-3,7-9,16,19,22-24H,4-6,10-15,21H2,1H3. The molecule has 0 amide bonds. The quantitative estimate of drug-likeness (QED) is 0.420. The summed E-state index contributed by atoms with van der Waals surface area (Å²) >= 11 is 0. The second-order valence-electron chi connectivity index (χ2n) is 6.40. The smallest absolute Gasteiger partial charge is 0.0705 e. The number of para-hydroxylation sites is 1. The molecule has 1 aromatic heterocycles. The maximum Gasteiger partial charge on any atom is 0.0705 e. The van der Waals surface area contributed by atoms with E-state index in [4.69, 9.17) is 5.73 Å². The number of nitrogens with one attached hydrogen (secondary N) is 3. The van der Waals surface area contributed by atoms with E-state index in [0.717, 1.165) is 51.1 Å². The topological polar surface area (TPSA) is 75.0 Å². The third-order valence-electron chi connectivity index (χ3n) is 4.53. The Morgan fingerprint density at radius 3 is 2.44 bits per heavy atom. The molecule has 138 valence electrons. The average molecular weight is 344 g/mol. The summed E-state index contributed by atoms with van der Waals surface area (Å²) in [6, 6.07) is 10.8. The molecular formula is C20H33N5. The number of benzene rings is 1. The molecule has 5 N–H and O–H groups in total. The van der Waals surface area contributed by atoms with Crippen molar-refractivity contribution in [2.45, 2.75) is 31.7 Å². The van der Waals surface area contributed by atoms with Gasteiger partial charge in [0.2, 0.25) is 0 Å². The molecule has 0 aliphatic rings. The van der Waals surface area contributed by atoms with Crippen LogP contribution in [0, 0.1) is 0 Å². The van der Waals surface area contributed by atoms with Crippen LogP contribution in [0.4, 0.5) is 0 Å². The summed E-state index contributed by atoms with van der Waals surface area (Å²) < 4.78 is 0. The molecule has 2 aromatic rings. The Morgan fingerprint density at radius 2 is 1.68 bits per heavy atom. The van der Waals surface area contributed by atoms with Crippen LogP contribution in [0.5, 0.6) is 0 Å². The lowest BCUT2D eigenvalue weighted by atomic mass is 9.99. The second-order valence-corrected chi connectivity index (χ2v) is 6.40. The van der Waals surface area contributed by atoms with Crippen LogP contribution < -0.4 is 21.7 Å². The summed E-state index contributed by atoms with van der Waals surface area (Å²) in [4.78, 5) is 4.46. The van der Waals surface area contributed by atoms with E-state index in [9.17, 15) is 0 Å². The summed E-state index contributed by atoms with van der Waals surface area (Å²) in [5, 5.41) is 11.7. The fraction of sp³-hybridized carbons (Fsp3) is 0.550. The van der Waals surface area contributed by atoms with Gasteiger partial charge >= 0.3 is 0 Å². The summed E-state index contributed by atoms with van der Waals surface area (Å²) in [6.45, 7) is 4.99. The first-order valence-corrected chi connectivity index (χ1v) is 9.49. The van der Waals surface area contributed by atoms with E-state index in [0.29, 0.717) is 6.04 Å². The third kappa shape index (κ3) is 6.71. The minimum Gasteiger partial charge on any atom is -0.330 e. The first-order valence-electron chi connectivity index (χ1n) is 9.49. The Kier molecular flexibility index (Phi) is 9.44.